The molecule has 5 heteroatoms. The van der Waals surface area contributed by atoms with Crippen molar-refractivity contribution in [3.8, 4) is 0 Å². The molecule has 0 saturated heterocycles. The van der Waals surface area contributed by atoms with Gasteiger partial charge in [-0.05, 0) is 24.3 Å². The summed E-state index contributed by atoms with van der Waals surface area (Å²) in [6.07, 6.45) is 3.47. The lowest BCUT2D eigenvalue weighted by atomic mass is 9.85. The van der Waals surface area contributed by atoms with E-state index in [-0.39, 0.29) is 12.5 Å². The van der Waals surface area contributed by atoms with Gasteiger partial charge < -0.3 is 15.3 Å². The summed E-state index contributed by atoms with van der Waals surface area (Å²) in [6, 6.07) is 8.51. The van der Waals surface area contributed by atoms with E-state index in [2.05, 4.69) is 5.32 Å². The molecule has 2 amide bonds. The molecule has 114 valence electrons. The quantitative estimate of drug-likeness (QED) is 0.846. The Morgan fingerprint density at radius 3 is 2.52 bits per heavy atom. The normalized spacial score (nSPS) is 15.9. The number of carbonyl (C=O) groups excluding carboxylic acids is 1. The predicted octanol–water partition coefficient (Wildman–Crippen LogP) is 2.64. The highest BCUT2D eigenvalue weighted by Gasteiger charge is 2.24. The van der Waals surface area contributed by atoms with Gasteiger partial charge >= 0.3 is 12.0 Å². The maximum Gasteiger partial charge on any atom is 0.317 e. The third-order valence-electron chi connectivity index (χ3n) is 3.98. The van der Waals surface area contributed by atoms with Crippen molar-refractivity contribution < 1.29 is 14.7 Å². The second-order valence-electron chi connectivity index (χ2n) is 5.69. The zero-order chi connectivity index (χ0) is 15.2. The van der Waals surface area contributed by atoms with E-state index in [9.17, 15) is 9.59 Å². The molecule has 1 saturated carbocycles. The van der Waals surface area contributed by atoms with Crippen LogP contribution in [0, 0.1) is 5.92 Å². The number of benzene rings is 1. The Kier molecular flexibility index (Phi) is 5.20. The van der Waals surface area contributed by atoms with Gasteiger partial charge in [-0.15, -0.1) is 0 Å². The fourth-order valence-electron chi connectivity index (χ4n) is 2.52. The molecule has 1 aromatic rings. The number of aliphatic carboxylic acids is 1. The highest BCUT2D eigenvalue weighted by Crippen LogP contribution is 2.27. The Balaban J connectivity index is 1.97. The second-order valence-corrected chi connectivity index (χ2v) is 5.69. The summed E-state index contributed by atoms with van der Waals surface area (Å²) < 4.78 is 0. The first-order valence-electron chi connectivity index (χ1n) is 7.34. The molecule has 1 aromatic carbocycles. The molecule has 1 aliphatic rings. The van der Waals surface area contributed by atoms with E-state index in [1.807, 2.05) is 30.3 Å². The van der Waals surface area contributed by atoms with Crippen LogP contribution in [-0.2, 0) is 4.79 Å². The smallest absolute Gasteiger partial charge is 0.317 e. The summed E-state index contributed by atoms with van der Waals surface area (Å²) in [7, 11) is 1.76. The molecule has 0 heterocycles. The minimum Gasteiger partial charge on any atom is -0.481 e. The van der Waals surface area contributed by atoms with Crippen molar-refractivity contribution in [2.24, 2.45) is 5.92 Å². The lowest BCUT2D eigenvalue weighted by Crippen LogP contribution is -2.43. The van der Waals surface area contributed by atoms with Crippen LogP contribution in [0.4, 0.5) is 4.79 Å². The third-order valence-corrected chi connectivity index (χ3v) is 3.98. The predicted molar refractivity (Wildman–Crippen MR) is 79.9 cm³/mol. The number of carboxylic acids is 1. The summed E-state index contributed by atoms with van der Waals surface area (Å²) >= 11 is 0. The maximum absolute atomic E-state index is 12.2. The molecule has 0 bridgehead atoms. The first kappa shape index (κ1) is 15.4. The van der Waals surface area contributed by atoms with Crippen LogP contribution in [0.15, 0.2) is 30.3 Å². The molecular formula is C16H22N2O3. The van der Waals surface area contributed by atoms with Crippen LogP contribution in [0.2, 0.25) is 0 Å². The number of hydrogen-bond acceptors (Lipinski definition) is 2. The van der Waals surface area contributed by atoms with E-state index < -0.39 is 12.0 Å². The first-order valence-corrected chi connectivity index (χ1v) is 7.34. The van der Waals surface area contributed by atoms with Gasteiger partial charge in [0.2, 0.25) is 0 Å². The topological polar surface area (TPSA) is 69.6 Å². The number of nitrogens with zero attached hydrogens (tertiary/aromatic N) is 1. The molecule has 1 aliphatic carbocycles. The van der Waals surface area contributed by atoms with Gasteiger partial charge in [-0.1, -0.05) is 36.8 Å². The summed E-state index contributed by atoms with van der Waals surface area (Å²) in [6.45, 7) is 0.737. The van der Waals surface area contributed by atoms with Crippen LogP contribution < -0.4 is 5.32 Å². The molecule has 2 N–H and O–H groups in total. The Bertz CT molecular complexity index is 486. The lowest BCUT2D eigenvalue weighted by molar-refractivity contribution is -0.137. The van der Waals surface area contributed by atoms with Gasteiger partial charge in [-0.2, -0.15) is 0 Å². The molecule has 2 rings (SSSR count). The Morgan fingerprint density at radius 1 is 1.33 bits per heavy atom. The van der Waals surface area contributed by atoms with Crippen molar-refractivity contribution in [3.05, 3.63) is 35.9 Å². The van der Waals surface area contributed by atoms with Crippen molar-refractivity contribution in [1.82, 2.24) is 10.2 Å². The van der Waals surface area contributed by atoms with Crippen LogP contribution in [0.5, 0.6) is 0 Å². The molecule has 0 aliphatic heterocycles. The molecule has 1 unspecified atom stereocenters. The number of rotatable bonds is 6. The van der Waals surface area contributed by atoms with E-state index >= 15 is 0 Å². The van der Waals surface area contributed by atoms with Crippen molar-refractivity contribution in [2.45, 2.75) is 31.7 Å². The highest BCUT2D eigenvalue weighted by atomic mass is 16.4. The van der Waals surface area contributed by atoms with Gasteiger partial charge in [0.15, 0.2) is 0 Å². The monoisotopic (exact) mass is 290 g/mol. The minimum absolute atomic E-state index is 0.118. The summed E-state index contributed by atoms with van der Waals surface area (Å²) in [4.78, 5) is 24.9. The average molecular weight is 290 g/mol. The molecule has 21 heavy (non-hydrogen) atoms. The molecule has 0 aromatic heterocycles. The van der Waals surface area contributed by atoms with E-state index in [0.29, 0.717) is 5.92 Å². The fourth-order valence-corrected chi connectivity index (χ4v) is 2.52. The SMILES string of the molecule is CN(CC1CCC1)C(=O)NC(CC(=O)O)c1ccccc1. The Hall–Kier alpha value is -2.04. The van der Waals surface area contributed by atoms with E-state index in [4.69, 9.17) is 5.11 Å². The number of carboxylic acid groups (broad SMARTS) is 1. The molecule has 0 radical (unpaired) electrons. The fraction of sp³-hybridized carbons (Fsp3) is 0.500. The van der Waals surface area contributed by atoms with Crippen LogP contribution >= 0.6 is 0 Å². The van der Waals surface area contributed by atoms with E-state index in [1.165, 1.54) is 19.3 Å². The van der Waals surface area contributed by atoms with Crippen LogP contribution in [0.3, 0.4) is 0 Å². The maximum atomic E-state index is 12.2. The molecule has 0 spiro atoms. The number of nitrogens with one attached hydrogen (secondary N) is 1. The van der Waals surface area contributed by atoms with E-state index in [1.54, 1.807) is 11.9 Å². The Labute approximate surface area is 125 Å². The van der Waals surface area contributed by atoms with Crippen LogP contribution in [0.1, 0.15) is 37.3 Å². The van der Waals surface area contributed by atoms with Crippen molar-refractivity contribution >= 4 is 12.0 Å². The minimum atomic E-state index is -0.925. The Morgan fingerprint density at radius 2 is 2.00 bits per heavy atom. The molecule has 5 nitrogen and oxygen atoms in total. The first-order chi connectivity index (χ1) is 10.1. The third kappa shape index (κ3) is 4.48. The van der Waals surface area contributed by atoms with Crippen molar-refractivity contribution in [1.29, 1.82) is 0 Å². The van der Waals surface area contributed by atoms with Crippen LogP contribution in [-0.4, -0.2) is 35.6 Å². The largest absolute Gasteiger partial charge is 0.481 e. The second kappa shape index (κ2) is 7.11. The van der Waals surface area contributed by atoms with Crippen LogP contribution in [0.25, 0.3) is 0 Å². The van der Waals surface area contributed by atoms with Gasteiger partial charge in [0.1, 0.15) is 0 Å². The van der Waals surface area contributed by atoms with Gasteiger partial charge in [-0.3, -0.25) is 4.79 Å². The van der Waals surface area contributed by atoms with Gasteiger partial charge in [-0.25, -0.2) is 4.79 Å². The standard InChI is InChI=1S/C16H22N2O3/c1-18(11-12-6-5-7-12)16(21)17-14(10-15(19)20)13-8-3-2-4-9-13/h2-4,8-9,12,14H,5-7,10-11H2,1H3,(H,17,21)(H,19,20). The number of urea groups is 1. The molecule has 1 atom stereocenters. The average Bonchev–Trinajstić information content (AvgIpc) is 2.42. The van der Waals surface area contributed by atoms with Gasteiger partial charge in [0.05, 0.1) is 12.5 Å². The highest BCUT2D eigenvalue weighted by molar-refractivity contribution is 5.76. The zero-order valence-electron chi connectivity index (χ0n) is 12.3. The summed E-state index contributed by atoms with van der Waals surface area (Å²) in [5, 5.41) is 11.8. The van der Waals surface area contributed by atoms with Crippen molar-refractivity contribution in [3.63, 3.8) is 0 Å². The number of amides is 2. The van der Waals surface area contributed by atoms with Gasteiger partial charge in [0, 0.05) is 13.6 Å². The summed E-state index contributed by atoms with van der Waals surface area (Å²) in [5.74, 6) is -0.332. The number of hydrogen-bond donors (Lipinski definition) is 2. The number of carbonyl (C=O) groups is 2. The zero-order valence-corrected chi connectivity index (χ0v) is 12.3. The van der Waals surface area contributed by atoms with Gasteiger partial charge in [0.25, 0.3) is 0 Å². The summed E-state index contributed by atoms with van der Waals surface area (Å²) in [5.41, 5.74) is 0.810. The molecule has 1 fully saturated rings. The lowest BCUT2D eigenvalue weighted by Gasteiger charge is -2.31. The van der Waals surface area contributed by atoms with E-state index in [0.717, 1.165) is 12.1 Å². The van der Waals surface area contributed by atoms with Crippen molar-refractivity contribution in [2.75, 3.05) is 13.6 Å². The molecular weight excluding hydrogens is 268 g/mol.